The van der Waals surface area contributed by atoms with Crippen LogP contribution in [-0.2, 0) is 4.79 Å². The number of carboxylic acid groups (broad SMARTS) is 3. The minimum absolute atomic E-state index is 0. The zero-order chi connectivity index (χ0) is 11.6. The molecule has 0 rings (SSSR count). The van der Waals surface area contributed by atoms with Gasteiger partial charge in [-0.25, -0.2) is 0 Å². The van der Waals surface area contributed by atoms with Crippen molar-refractivity contribution >= 4 is 49.9 Å². The Morgan fingerprint density at radius 2 is 1.67 bits per heavy atom. The van der Waals surface area contributed by atoms with E-state index in [1.165, 1.54) is 0 Å². The molecule has 15 heavy (non-hydrogen) atoms. The van der Waals surface area contributed by atoms with Crippen LogP contribution in [0.2, 0.25) is 0 Å². The van der Waals surface area contributed by atoms with E-state index >= 15 is 0 Å². The second-order valence-corrected chi connectivity index (χ2v) is 2.48. The summed E-state index contributed by atoms with van der Waals surface area (Å²) in [5.41, 5.74) is 10.4. The summed E-state index contributed by atoms with van der Waals surface area (Å²) in [6.45, 7) is 0.604. The van der Waals surface area contributed by atoms with Crippen LogP contribution in [0.5, 0.6) is 0 Å². The maximum Gasteiger partial charge on any atom is 2.00 e. The Hall–Kier alpha value is -0.0803. The molecule has 0 bridgehead atoms. The molecular formula is C7H14CaN2O5. The van der Waals surface area contributed by atoms with E-state index in [1.807, 2.05) is 0 Å². The van der Waals surface area contributed by atoms with Gasteiger partial charge in [-0.2, -0.15) is 0 Å². The third-order valence-electron chi connectivity index (χ3n) is 1.29. The van der Waals surface area contributed by atoms with Crippen LogP contribution in [0.1, 0.15) is 19.3 Å². The topological polar surface area (TPSA) is 153 Å². The largest absolute Gasteiger partial charge is 2.00 e. The van der Waals surface area contributed by atoms with Crippen LogP contribution in [-0.4, -0.2) is 67.6 Å². The van der Waals surface area contributed by atoms with E-state index < -0.39 is 18.2 Å². The molecule has 84 valence electrons. The van der Waals surface area contributed by atoms with Crippen LogP contribution >= 0.6 is 0 Å². The molecule has 0 spiro atoms. The van der Waals surface area contributed by atoms with Gasteiger partial charge in [-0.1, -0.05) is 6.42 Å². The number of carboxylic acids is 1. The van der Waals surface area contributed by atoms with Gasteiger partial charge in [0.25, 0.3) is 0 Å². The standard InChI is InChI=1S/C6H14N2O2.CH2O3.Ca/c7-4-2-1-3-5(8)6(9)10;2-1(3)4;/h5H,1-4,7-8H2,(H,9,10);(H2,2,3,4);/q;;+2/p-2/t5-;;/m0../s1. The summed E-state index contributed by atoms with van der Waals surface area (Å²) in [5, 5.41) is 25.0. The van der Waals surface area contributed by atoms with Gasteiger partial charge in [0.15, 0.2) is 0 Å². The fourth-order valence-electron chi connectivity index (χ4n) is 0.632. The number of hydrogen-bond donors (Lipinski definition) is 3. The smallest absolute Gasteiger partial charge is 0.652 e. The third-order valence-corrected chi connectivity index (χ3v) is 1.29. The Kier molecular flexibility index (Phi) is 18.9. The first-order valence-corrected chi connectivity index (χ1v) is 3.98. The zero-order valence-corrected chi connectivity index (χ0v) is 10.6. The summed E-state index contributed by atoms with van der Waals surface area (Å²) in [6, 6.07) is -0.716. The van der Waals surface area contributed by atoms with E-state index in [2.05, 4.69) is 0 Å². The summed E-state index contributed by atoms with van der Waals surface area (Å²) in [4.78, 5) is 18.5. The van der Waals surface area contributed by atoms with Crippen LogP contribution in [0.15, 0.2) is 0 Å². The molecule has 0 aliphatic heterocycles. The minimum atomic E-state index is -2.33. The van der Waals surface area contributed by atoms with Gasteiger partial charge in [-0.15, -0.1) is 0 Å². The molecule has 0 saturated heterocycles. The first kappa shape index (κ1) is 20.3. The molecule has 0 aromatic rings. The molecule has 0 heterocycles. The fraction of sp³-hybridized carbons (Fsp3) is 0.714. The van der Waals surface area contributed by atoms with Crippen molar-refractivity contribution in [2.75, 3.05) is 6.54 Å². The molecule has 0 aliphatic rings. The molecular weight excluding hydrogens is 232 g/mol. The number of carbonyl (C=O) groups is 2. The minimum Gasteiger partial charge on any atom is -0.652 e. The van der Waals surface area contributed by atoms with Crippen molar-refractivity contribution in [2.24, 2.45) is 11.5 Å². The zero-order valence-electron chi connectivity index (χ0n) is 8.35. The predicted octanol–water partition coefficient (Wildman–Crippen LogP) is -3.30. The van der Waals surface area contributed by atoms with Crippen molar-refractivity contribution < 1.29 is 24.9 Å². The Balaban J connectivity index is -0.000000249. The molecule has 0 aromatic heterocycles. The average molecular weight is 246 g/mol. The third kappa shape index (κ3) is 24.9. The summed E-state index contributed by atoms with van der Waals surface area (Å²) in [7, 11) is 0. The predicted molar refractivity (Wildman–Crippen MR) is 49.7 cm³/mol. The normalized spacial score (nSPS) is 10.3. The summed E-state index contributed by atoms with van der Waals surface area (Å²) in [6.07, 6.45) is -0.169. The molecule has 1 atom stereocenters. The van der Waals surface area contributed by atoms with Crippen LogP contribution in [0.3, 0.4) is 0 Å². The van der Waals surface area contributed by atoms with Crippen molar-refractivity contribution in [3.8, 4) is 0 Å². The molecule has 0 fully saturated rings. The van der Waals surface area contributed by atoms with Gasteiger partial charge >= 0.3 is 43.7 Å². The van der Waals surface area contributed by atoms with E-state index in [0.717, 1.165) is 12.8 Å². The molecule has 0 unspecified atom stereocenters. The number of hydrogen-bond acceptors (Lipinski definition) is 6. The second-order valence-electron chi connectivity index (χ2n) is 2.48. The van der Waals surface area contributed by atoms with Crippen molar-refractivity contribution in [2.45, 2.75) is 25.3 Å². The fourth-order valence-corrected chi connectivity index (χ4v) is 0.632. The van der Waals surface area contributed by atoms with Gasteiger partial charge in [-0.05, 0) is 25.5 Å². The SMILES string of the molecule is NCCCC[C@H](N)C(=O)O.O=C([O-])[O-].[Ca+2]. The molecule has 0 aliphatic carbocycles. The number of aliphatic carboxylic acids is 1. The quantitative estimate of drug-likeness (QED) is 0.339. The Labute approximate surface area is 117 Å². The van der Waals surface area contributed by atoms with Gasteiger partial charge in [0.2, 0.25) is 0 Å². The number of nitrogens with two attached hydrogens (primary N) is 2. The Bertz CT molecular complexity index is 175. The molecule has 0 saturated carbocycles. The van der Waals surface area contributed by atoms with E-state index in [0.29, 0.717) is 13.0 Å². The molecule has 0 radical (unpaired) electrons. The molecule has 0 aromatic carbocycles. The van der Waals surface area contributed by atoms with Gasteiger partial charge in [-0.3, -0.25) is 4.79 Å². The van der Waals surface area contributed by atoms with Gasteiger partial charge < -0.3 is 31.6 Å². The summed E-state index contributed by atoms with van der Waals surface area (Å²) in [5.74, 6) is -0.933. The van der Waals surface area contributed by atoms with E-state index in [1.54, 1.807) is 0 Å². The van der Waals surface area contributed by atoms with Crippen molar-refractivity contribution in [3.05, 3.63) is 0 Å². The Morgan fingerprint density at radius 1 is 1.27 bits per heavy atom. The first-order valence-electron chi connectivity index (χ1n) is 3.98. The second kappa shape index (κ2) is 13.9. The van der Waals surface area contributed by atoms with Gasteiger partial charge in [0, 0.05) is 0 Å². The Morgan fingerprint density at radius 3 is 1.93 bits per heavy atom. The van der Waals surface area contributed by atoms with Gasteiger partial charge in [0.1, 0.15) is 6.04 Å². The van der Waals surface area contributed by atoms with Crippen molar-refractivity contribution in [1.82, 2.24) is 0 Å². The number of carbonyl (C=O) groups excluding carboxylic acids is 1. The van der Waals surface area contributed by atoms with E-state index in [-0.39, 0.29) is 37.7 Å². The average Bonchev–Trinajstić information content (AvgIpc) is 2.03. The summed E-state index contributed by atoms with van der Waals surface area (Å²) >= 11 is 0. The van der Waals surface area contributed by atoms with Crippen LogP contribution in [0.25, 0.3) is 0 Å². The maximum atomic E-state index is 10.1. The van der Waals surface area contributed by atoms with E-state index in [4.69, 9.17) is 31.6 Å². The van der Waals surface area contributed by atoms with Crippen molar-refractivity contribution in [3.63, 3.8) is 0 Å². The maximum absolute atomic E-state index is 10.1. The molecule has 7 nitrogen and oxygen atoms in total. The first-order chi connectivity index (χ1) is 6.41. The van der Waals surface area contributed by atoms with Crippen molar-refractivity contribution in [1.29, 1.82) is 0 Å². The van der Waals surface area contributed by atoms with Crippen LogP contribution in [0, 0.1) is 0 Å². The molecule has 8 heteroatoms. The van der Waals surface area contributed by atoms with Crippen LogP contribution in [0.4, 0.5) is 4.79 Å². The number of rotatable bonds is 5. The monoisotopic (exact) mass is 246 g/mol. The van der Waals surface area contributed by atoms with E-state index in [9.17, 15) is 4.79 Å². The summed E-state index contributed by atoms with van der Waals surface area (Å²) < 4.78 is 0. The van der Waals surface area contributed by atoms with Crippen LogP contribution < -0.4 is 21.7 Å². The molecule has 0 amide bonds. The van der Waals surface area contributed by atoms with Gasteiger partial charge in [0.05, 0.1) is 0 Å². The number of unbranched alkanes of at least 4 members (excludes halogenated alkanes) is 1. The molecule has 5 N–H and O–H groups in total.